The highest BCUT2D eigenvalue weighted by Crippen LogP contribution is 2.34. The standard InChI is InChI=1S/C33H36N4O/c38-33(26-11-5-2-6-12-26)37(29-15-16-29)22-25-10-7-13-27(20-25)28-14-17-31-30(21-28)32(36-23-35-31)34-19-18-24-8-3-1-4-9-24/h1,3-4,7-10,13-14,17,20-21,23,26,29H,2,5-6,11-12,15-16,18-19,22H2,(H,34,35,36). The number of nitrogens with one attached hydrogen (secondary N) is 1. The normalized spacial score (nSPS) is 15.9. The average Bonchev–Trinajstić information content (AvgIpc) is 3.82. The maximum Gasteiger partial charge on any atom is 0.226 e. The third kappa shape index (κ3) is 5.72. The first kappa shape index (κ1) is 24.6. The molecule has 5 heteroatoms. The van der Waals surface area contributed by atoms with Crippen molar-refractivity contribution in [2.24, 2.45) is 5.92 Å². The van der Waals surface area contributed by atoms with E-state index in [1.54, 1.807) is 6.33 Å². The maximum atomic E-state index is 13.4. The first-order valence-corrected chi connectivity index (χ1v) is 14.2. The number of hydrogen-bond donors (Lipinski definition) is 1. The molecule has 1 heterocycles. The monoisotopic (exact) mass is 504 g/mol. The van der Waals surface area contributed by atoms with Crippen LogP contribution in [0.25, 0.3) is 22.0 Å². The van der Waals surface area contributed by atoms with Crippen molar-refractivity contribution in [1.82, 2.24) is 14.9 Å². The Kier molecular flexibility index (Phi) is 7.34. The van der Waals surface area contributed by atoms with Crippen molar-refractivity contribution in [3.05, 3.63) is 90.3 Å². The Hall–Kier alpha value is -3.73. The highest BCUT2D eigenvalue weighted by molar-refractivity contribution is 5.92. The van der Waals surface area contributed by atoms with Crippen LogP contribution in [0.4, 0.5) is 5.82 Å². The molecule has 1 N–H and O–H groups in total. The molecule has 0 spiro atoms. The molecule has 4 aromatic rings. The fourth-order valence-electron chi connectivity index (χ4n) is 5.75. The average molecular weight is 505 g/mol. The van der Waals surface area contributed by atoms with Crippen molar-refractivity contribution in [1.29, 1.82) is 0 Å². The summed E-state index contributed by atoms with van der Waals surface area (Å²) in [4.78, 5) is 24.6. The van der Waals surface area contributed by atoms with Gasteiger partial charge < -0.3 is 10.2 Å². The molecule has 0 bridgehead atoms. The van der Waals surface area contributed by atoms with E-state index in [1.807, 2.05) is 6.07 Å². The quantitative estimate of drug-likeness (QED) is 0.266. The fourth-order valence-corrected chi connectivity index (χ4v) is 5.75. The van der Waals surface area contributed by atoms with Gasteiger partial charge >= 0.3 is 0 Å². The lowest BCUT2D eigenvalue weighted by Crippen LogP contribution is -2.38. The van der Waals surface area contributed by atoms with Crippen LogP contribution in [0.2, 0.25) is 0 Å². The Bertz CT molecular complexity index is 1390. The molecule has 2 aliphatic carbocycles. The summed E-state index contributed by atoms with van der Waals surface area (Å²) in [5.74, 6) is 1.47. The maximum absolute atomic E-state index is 13.4. The number of benzene rings is 3. The summed E-state index contributed by atoms with van der Waals surface area (Å²) >= 11 is 0. The van der Waals surface area contributed by atoms with Crippen LogP contribution >= 0.6 is 0 Å². The second kappa shape index (κ2) is 11.3. The lowest BCUT2D eigenvalue weighted by molar-refractivity contribution is -0.137. The predicted octanol–water partition coefficient (Wildman–Crippen LogP) is 7.02. The number of carbonyl (C=O) groups excluding carboxylic acids is 1. The number of nitrogens with zero attached hydrogens (tertiary/aromatic N) is 3. The Morgan fingerprint density at radius 3 is 2.42 bits per heavy atom. The van der Waals surface area contributed by atoms with E-state index >= 15 is 0 Å². The van der Waals surface area contributed by atoms with Gasteiger partial charge in [-0.1, -0.05) is 73.9 Å². The molecule has 5 nitrogen and oxygen atoms in total. The molecule has 2 aliphatic rings. The molecular weight excluding hydrogens is 468 g/mol. The van der Waals surface area contributed by atoms with Crippen molar-refractivity contribution in [2.75, 3.05) is 11.9 Å². The number of anilines is 1. The summed E-state index contributed by atoms with van der Waals surface area (Å²) in [5.41, 5.74) is 5.73. The van der Waals surface area contributed by atoms with E-state index in [4.69, 9.17) is 0 Å². The van der Waals surface area contributed by atoms with Gasteiger partial charge in [-0.2, -0.15) is 0 Å². The number of rotatable bonds is 9. The number of fused-ring (bicyclic) bond motifs is 1. The molecule has 1 aromatic heterocycles. The fraction of sp³-hybridized carbons (Fsp3) is 0.364. The first-order valence-electron chi connectivity index (χ1n) is 14.2. The summed E-state index contributed by atoms with van der Waals surface area (Å²) in [5, 5.41) is 4.54. The van der Waals surface area contributed by atoms with Gasteiger partial charge in [0.25, 0.3) is 0 Å². The van der Waals surface area contributed by atoms with Crippen LogP contribution < -0.4 is 5.32 Å². The summed E-state index contributed by atoms with van der Waals surface area (Å²) in [6.45, 7) is 1.51. The molecule has 2 fully saturated rings. The van der Waals surface area contributed by atoms with Gasteiger partial charge in [-0.25, -0.2) is 9.97 Å². The zero-order valence-corrected chi connectivity index (χ0v) is 22.0. The molecule has 0 atom stereocenters. The lowest BCUT2D eigenvalue weighted by Gasteiger charge is -2.29. The van der Waals surface area contributed by atoms with Crippen molar-refractivity contribution in [2.45, 2.75) is 64.0 Å². The highest BCUT2D eigenvalue weighted by atomic mass is 16.2. The Morgan fingerprint density at radius 1 is 0.816 bits per heavy atom. The molecule has 2 saturated carbocycles. The molecule has 38 heavy (non-hydrogen) atoms. The van der Waals surface area contributed by atoms with Gasteiger partial charge in [-0.05, 0) is 72.6 Å². The second-order valence-corrected chi connectivity index (χ2v) is 10.8. The third-order valence-corrected chi connectivity index (χ3v) is 8.02. The van der Waals surface area contributed by atoms with Gasteiger partial charge in [0.2, 0.25) is 5.91 Å². The summed E-state index contributed by atoms with van der Waals surface area (Å²) in [6.07, 6.45) is 10.6. The summed E-state index contributed by atoms with van der Waals surface area (Å²) in [6, 6.07) is 26.0. The van der Waals surface area contributed by atoms with Crippen LogP contribution in [0.1, 0.15) is 56.1 Å². The largest absolute Gasteiger partial charge is 0.369 e. The smallest absolute Gasteiger partial charge is 0.226 e. The Labute approximate surface area is 225 Å². The van der Waals surface area contributed by atoms with E-state index in [0.717, 1.165) is 66.5 Å². The van der Waals surface area contributed by atoms with Gasteiger partial charge in [0.15, 0.2) is 0 Å². The van der Waals surface area contributed by atoms with Crippen LogP contribution in [-0.2, 0) is 17.8 Å². The van der Waals surface area contributed by atoms with E-state index in [9.17, 15) is 4.79 Å². The SMILES string of the molecule is O=C(C1CCCCC1)N(Cc1cccc(-c2ccc3ncnc(NCCc4ccccc4)c3c2)c1)C1CC1. The van der Waals surface area contributed by atoms with Crippen LogP contribution in [0, 0.1) is 5.92 Å². The van der Waals surface area contributed by atoms with Gasteiger partial charge in [0.1, 0.15) is 12.1 Å². The van der Waals surface area contributed by atoms with Crippen molar-refractivity contribution >= 4 is 22.6 Å². The minimum absolute atomic E-state index is 0.223. The van der Waals surface area contributed by atoms with Crippen molar-refractivity contribution in [3.63, 3.8) is 0 Å². The zero-order valence-electron chi connectivity index (χ0n) is 22.0. The van der Waals surface area contributed by atoms with E-state index < -0.39 is 0 Å². The summed E-state index contributed by atoms with van der Waals surface area (Å²) < 4.78 is 0. The lowest BCUT2D eigenvalue weighted by atomic mass is 9.88. The molecule has 6 rings (SSSR count). The number of carbonyl (C=O) groups is 1. The minimum atomic E-state index is 0.223. The zero-order chi connectivity index (χ0) is 25.7. The molecule has 3 aromatic carbocycles. The molecule has 0 unspecified atom stereocenters. The van der Waals surface area contributed by atoms with Crippen LogP contribution in [0.5, 0.6) is 0 Å². The third-order valence-electron chi connectivity index (χ3n) is 8.02. The highest BCUT2D eigenvalue weighted by Gasteiger charge is 2.36. The minimum Gasteiger partial charge on any atom is -0.369 e. The molecule has 0 saturated heterocycles. The molecule has 0 radical (unpaired) electrons. The van der Waals surface area contributed by atoms with Crippen LogP contribution in [-0.4, -0.2) is 33.4 Å². The van der Waals surface area contributed by atoms with Crippen LogP contribution in [0.15, 0.2) is 79.1 Å². The molecular formula is C33H36N4O. The Morgan fingerprint density at radius 2 is 1.61 bits per heavy atom. The van der Waals surface area contributed by atoms with E-state index in [-0.39, 0.29) is 5.92 Å². The molecule has 1 amide bonds. The van der Waals surface area contributed by atoms with Gasteiger partial charge in [0.05, 0.1) is 5.52 Å². The second-order valence-electron chi connectivity index (χ2n) is 10.8. The van der Waals surface area contributed by atoms with E-state index in [1.165, 1.54) is 30.4 Å². The first-order chi connectivity index (χ1) is 18.7. The van der Waals surface area contributed by atoms with E-state index in [0.29, 0.717) is 18.5 Å². The van der Waals surface area contributed by atoms with Gasteiger partial charge in [-0.3, -0.25) is 4.79 Å². The number of amides is 1. The van der Waals surface area contributed by atoms with Crippen LogP contribution in [0.3, 0.4) is 0 Å². The van der Waals surface area contributed by atoms with Gasteiger partial charge in [-0.15, -0.1) is 0 Å². The van der Waals surface area contributed by atoms with Crippen molar-refractivity contribution < 1.29 is 4.79 Å². The summed E-state index contributed by atoms with van der Waals surface area (Å²) in [7, 11) is 0. The van der Waals surface area contributed by atoms with Crippen molar-refractivity contribution in [3.8, 4) is 11.1 Å². The van der Waals surface area contributed by atoms with E-state index in [2.05, 4.69) is 86.9 Å². The Balaban J connectivity index is 1.20. The number of aromatic nitrogens is 2. The predicted molar refractivity (Wildman–Crippen MR) is 154 cm³/mol. The molecule has 194 valence electrons. The van der Waals surface area contributed by atoms with Gasteiger partial charge in [0, 0.05) is 30.4 Å². The number of hydrogen-bond acceptors (Lipinski definition) is 4. The topological polar surface area (TPSA) is 58.1 Å². The molecule has 0 aliphatic heterocycles.